The number of para-hydroxylation sites is 1. The lowest BCUT2D eigenvalue weighted by molar-refractivity contribution is 0.0602. The van der Waals surface area contributed by atoms with E-state index in [1.165, 1.54) is 7.11 Å². The molecule has 0 atom stereocenters. The minimum absolute atomic E-state index is 0.384. The first-order chi connectivity index (χ1) is 11.8. The molecule has 2 aromatic carbocycles. The normalized spacial score (nSPS) is 10.9. The molecule has 2 aromatic heterocycles. The molecular weight excluding hydrogens is 300 g/mol. The first-order valence-corrected chi connectivity index (χ1v) is 7.59. The summed E-state index contributed by atoms with van der Waals surface area (Å²) in [6, 6.07) is 19.3. The van der Waals surface area contributed by atoms with E-state index in [4.69, 9.17) is 9.72 Å². The summed E-state index contributed by atoms with van der Waals surface area (Å²) in [5.41, 5.74) is 3.66. The van der Waals surface area contributed by atoms with Gasteiger partial charge in [0, 0.05) is 22.5 Å². The Kier molecular flexibility index (Phi) is 3.43. The largest absolute Gasteiger partial charge is 0.465 e. The van der Waals surface area contributed by atoms with E-state index in [9.17, 15) is 4.79 Å². The van der Waals surface area contributed by atoms with Crippen LogP contribution < -0.4 is 0 Å². The van der Waals surface area contributed by atoms with Gasteiger partial charge in [-0.15, -0.1) is 0 Å². The maximum absolute atomic E-state index is 12.2. The third kappa shape index (κ3) is 2.38. The van der Waals surface area contributed by atoms with Gasteiger partial charge < -0.3 is 4.74 Å². The van der Waals surface area contributed by atoms with Crippen molar-refractivity contribution < 1.29 is 9.53 Å². The van der Waals surface area contributed by atoms with Crippen molar-refractivity contribution in [1.29, 1.82) is 0 Å². The van der Waals surface area contributed by atoms with Crippen molar-refractivity contribution in [2.45, 2.75) is 0 Å². The lowest BCUT2D eigenvalue weighted by Crippen LogP contribution is -2.04. The van der Waals surface area contributed by atoms with Gasteiger partial charge in [-0.25, -0.2) is 9.78 Å². The first kappa shape index (κ1) is 14.3. The van der Waals surface area contributed by atoms with Gasteiger partial charge >= 0.3 is 5.97 Å². The lowest BCUT2D eigenvalue weighted by atomic mass is 9.99. The van der Waals surface area contributed by atoms with Gasteiger partial charge in [-0.05, 0) is 36.4 Å². The molecule has 0 spiro atoms. The van der Waals surface area contributed by atoms with Crippen molar-refractivity contribution >= 4 is 27.8 Å². The standard InChI is InChI=1S/C20H14N2O2/c1-24-20(23)16-11-14-10-13-6-2-3-7-17(13)22-19(14)12-15(16)18-8-4-5-9-21-18/h2-12H,1H3. The Morgan fingerprint density at radius 1 is 0.917 bits per heavy atom. The number of rotatable bonds is 2. The Hall–Kier alpha value is -3.27. The quantitative estimate of drug-likeness (QED) is 0.410. The number of hydrogen-bond donors (Lipinski definition) is 0. The van der Waals surface area contributed by atoms with Gasteiger partial charge in [-0.3, -0.25) is 4.98 Å². The molecule has 116 valence electrons. The summed E-state index contributed by atoms with van der Waals surface area (Å²) in [6.07, 6.45) is 1.70. The molecule has 4 nitrogen and oxygen atoms in total. The van der Waals surface area contributed by atoms with Crippen LogP contribution in [-0.2, 0) is 4.74 Å². The van der Waals surface area contributed by atoms with Crippen molar-refractivity contribution in [3.63, 3.8) is 0 Å². The molecule has 0 fully saturated rings. The number of ether oxygens (including phenoxy) is 1. The topological polar surface area (TPSA) is 52.1 Å². The van der Waals surface area contributed by atoms with Crippen molar-refractivity contribution in [3.8, 4) is 11.3 Å². The highest BCUT2D eigenvalue weighted by Crippen LogP contribution is 2.29. The van der Waals surface area contributed by atoms with Crippen molar-refractivity contribution in [2.75, 3.05) is 7.11 Å². The molecule has 4 aromatic rings. The molecule has 0 bridgehead atoms. The minimum Gasteiger partial charge on any atom is -0.465 e. The molecule has 0 aliphatic carbocycles. The molecule has 0 radical (unpaired) electrons. The molecule has 0 aliphatic heterocycles. The summed E-state index contributed by atoms with van der Waals surface area (Å²) in [6.45, 7) is 0. The van der Waals surface area contributed by atoms with E-state index in [-0.39, 0.29) is 5.97 Å². The highest BCUT2D eigenvalue weighted by molar-refractivity contribution is 6.03. The van der Waals surface area contributed by atoms with Crippen LogP contribution in [0.3, 0.4) is 0 Å². The SMILES string of the molecule is COC(=O)c1cc2cc3ccccc3nc2cc1-c1ccccn1. The molecule has 4 heteroatoms. The van der Waals surface area contributed by atoms with Crippen LogP contribution >= 0.6 is 0 Å². The lowest BCUT2D eigenvalue weighted by Gasteiger charge is -2.10. The fourth-order valence-corrected chi connectivity index (χ4v) is 2.84. The van der Waals surface area contributed by atoms with Crippen LogP contribution in [0.1, 0.15) is 10.4 Å². The molecule has 0 amide bonds. The number of esters is 1. The van der Waals surface area contributed by atoms with E-state index in [0.29, 0.717) is 5.56 Å². The maximum Gasteiger partial charge on any atom is 0.338 e. The number of benzene rings is 2. The molecule has 0 aliphatic rings. The minimum atomic E-state index is -0.384. The number of fused-ring (bicyclic) bond motifs is 2. The third-order valence-corrected chi connectivity index (χ3v) is 4.00. The summed E-state index contributed by atoms with van der Waals surface area (Å²) >= 11 is 0. The molecule has 2 heterocycles. The molecule has 4 rings (SSSR count). The number of nitrogens with zero attached hydrogens (tertiary/aromatic N) is 2. The smallest absolute Gasteiger partial charge is 0.338 e. The average molecular weight is 314 g/mol. The van der Waals surface area contributed by atoms with Crippen molar-refractivity contribution in [3.05, 3.63) is 72.4 Å². The number of methoxy groups -OCH3 is 1. The second-order valence-corrected chi connectivity index (χ2v) is 5.48. The fourth-order valence-electron chi connectivity index (χ4n) is 2.84. The zero-order valence-electron chi connectivity index (χ0n) is 13.1. The van der Waals surface area contributed by atoms with Crippen LogP contribution in [-0.4, -0.2) is 23.0 Å². The number of hydrogen-bond acceptors (Lipinski definition) is 4. The van der Waals surface area contributed by atoms with Gasteiger partial charge in [0.1, 0.15) is 0 Å². The number of carbonyl (C=O) groups is 1. The van der Waals surface area contributed by atoms with Crippen LogP contribution in [0.2, 0.25) is 0 Å². The van der Waals surface area contributed by atoms with Gasteiger partial charge in [0.2, 0.25) is 0 Å². The van der Waals surface area contributed by atoms with E-state index in [2.05, 4.69) is 4.98 Å². The van der Waals surface area contributed by atoms with Crippen LogP contribution in [0.25, 0.3) is 33.1 Å². The van der Waals surface area contributed by atoms with Crippen LogP contribution in [0.4, 0.5) is 0 Å². The Balaban J connectivity index is 2.05. The van der Waals surface area contributed by atoms with Gasteiger partial charge in [0.25, 0.3) is 0 Å². The zero-order valence-corrected chi connectivity index (χ0v) is 13.1. The average Bonchev–Trinajstić information content (AvgIpc) is 2.65. The van der Waals surface area contributed by atoms with E-state index < -0.39 is 0 Å². The maximum atomic E-state index is 12.2. The summed E-state index contributed by atoms with van der Waals surface area (Å²) in [5.74, 6) is -0.384. The summed E-state index contributed by atoms with van der Waals surface area (Å²) < 4.78 is 4.95. The van der Waals surface area contributed by atoms with E-state index in [0.717, 1.165) is 33.1 Å². The first-order valence-electron chi connectivity index (χ1n) is 7.59. The van der Waals surface area contributed by atoms with Crippen molar-refractivity contribution in [1.82, 2.24) is 9.97 Å². The molecule has 0 saturated carbocycles. The summed E-state index contributed by atoms with van der Waals surface area (Å²) in [7, 11) is 1.38. The molecular formula is C20H14N2O2. The van der Waals surface area contributed by atoms with E-state index in [1.54, 1.807) is 6.20 Å². The van der Waals surface area contributed by atoms with Gasteiger partial charge in [-0.2, -0.15) is 0 Å². The summed E-state index contributed by atoms with van der Waals surface area (Å²) in [5, 5.41) is 1.93. The van der Waals surface area contributed by atoms with Crippen LogP contribution in [0.5, 0.6) is 0 Å². The van der Waals surface area contributed by atoms with Gasteiger partial charge in [0.05, 0.1) is 29.4 Å². The second-order valence-electron chi connectivity index (χ2n) is 5.48. The molecule has 0 unspecified atom stereocenters. The van der Waals surface area contributed by atoms with Crippen LogP contribution in [0, 0.1) is 0 Å². The molecule has 0 saturated heterocycles. The highest BCUT2D eigenvalue weighted by Gasteiger charge is 2.16. The Bertz CT molecular complexity index is 1060. The fraction of sp³-hybridized carbons (Fsp3) is 0.0500. The number of aromatic nitrogens is 2. The summed E-state index contributed by atoms with van der Waals surface area (Å²) in [4.78, 5) is 21.3. The third-order valence-electron chi connectivity index (χ3n) is 4.00. The second kappa shape index (κ2) is 5.74. The van der Waals surface area contributed by atoms with Crippen LogP contribution in [0.15, 0.2) is 66.9 Å². The van der Waals surface area contributed by atoms with Crippen molar-refractivity contribution in [2.24, 2.45) is 0 Å². The highest BCUT2D eigenvalue weighted by atomic mass is 16.5. The van der Waals surface area contributed by atoms with Gasteiger partial charge in [0.15, 0.2) is 0 Å². The number of carbonyl (C=O) groups excluding carboxylic acids is 1. The monoisotopic (exact) mass is 314 g/mol. The number of pyridine rings is 2. The van der Waals surface area contributed by atoms with E-state index in [1.807, 2.05) is 60.7 Å². The van der Waals surface area contributed by atoms with E-state index >= 15 is 0 Å². The predicted octanol–water partition coefficient (Wildman–Crippen LogP) is 4.24. The Labute approximate surface area is 138 Å². The Morgan fingerprint density at radius 2 is 1.75 bits per heavy atom. The zero-order chi connectivity index (χ0) is 16.5. The predicted molar refractivity (Wildman–Crippen MR) is 93.8 cm³/mol. The molecule has 0 N–H and O–H groups in total. The molecule has 24 heavy (non-hydrogen) atoms. The Morgan fingerprint density at radius 3 is 2.54 bits per heavy atom. The van der Waals surface area contributed by atoms with Gasteiger partial charge in [-0.1, -0.05) is 24.3 Å².